The highest BCUT2D eigenvalue weighted by Gasteiger charge is 2.43. The van der Waals surface area contributed by atoms with Crippen molar-refractivity contribution >= 4 is 5.91 Å². The van der Waals surface area contributed by atoms with Crippen LogP contribution in [0.3, 0.4) is 0 Å². The van der Waals surface area contributed by atoms with E-state index < -0.39 is 0 Å². The molecular weight excluding hydrogens is 192 g/mol. The molecule has 0 radical (unpaired) electrons. The van der Waals surface area contributed by atoms with Gasteiger partial charge in [0.15, 0.2) is 0 Å². The number of carbonyl (C=O) groups is 1. The lowest BCUT2D eigenvalue weighted by atomic mass is 10.1. The number of rotatable bonds is 8. The number of amides is 1. The monoisotopic (exact) mass is 214 g/mol. The van der Waals surface area contributed by atoms with Crippen LogP contribution in [-0.2, 0) is 4.79 Å². The molecule has 0 aromatic heterocycles. The highest BCUT2D eigenvalue weighted by Crippen LogP contribution is 2.34. The van der Waals surface area contributed by atoms with Gasteiger partial charge in [-0.25, -0.2) is 0 Å². The molecule has 1 amide bonds. The molecule has 0 saturated heterocycles. The molecule has 4 heteroatoms. The lowest BCUT2D eigenvalue weighted by molar-refractivity contribution is -0.122. The summed E-state index contributed by atoms with van der Waals surface area (Å²) in [5.74, 6) is 0.0781. The third-order valence-electron chi connectivity index (χ3n) is 2.92. The normalized spacial score (nSPS) is 17.5. The summed E-state index contributed by atoms with van der Waals surface area (Å²) in [4.78, 5) is 11.4. The predicted octanol–water partition coefficient (Wildman–Crippen LogP) is 0.537. The van der Waals surface area contributed by atoms with Crippen LogP contribution in [-0.4, -0.2) is 29.7 Å². The number of nitrogens with two attached hydrogens (primary N) is 1. The first-order valence-electron chi connectivity index (χ1n) is 5.84. The number of carbonyl (C=O) groups excluding carboxylic acids is 1. The van der Waals surface area contributed by atoms with Crippen LogP contribution in [0.15, 0.2) is 0 Å². The lowest BCUT2D eigenvalue weighted by Gasteiger charge is -2.13. The summed E-state index contributed by atoms with van der Waals surface area (Å²) >= 11 is 0. The molecule has 88 valence electrons. The minimum absolute atomic E-state index is 0.0753. The van der Waals surface area contributed by atoms with Gasteiger partial charge in [-0.3, -0.25) is 4.79 Å². The Kier molecular flexibility index (Phi) is 5.05. The molecule has 0 aliphatic heterocycles. The predicted molar refractivity (Wildman–Crippen MR) is 59.3 cm³/mol. The van der Waals surface area contributed by atoms with Crippen LogP contribution < -0.4 is 11.1 Å². The maximum Gasteiger partial charge on any atom is 0.220 e. The number of aliphatic hydroxyl groups excluding tert-OH is 1. The number of hydrogen-bond acceptors (Lipinski definition) is 3. The van der Waals surface area contributed by atoms with Gasteiger partial charge in [0.25, 0.3) is 0 Å². The van der Waals surface area contributed by atoms with Crippen LogP contribution in [0.1, 0.15) is 44.9 Å². The average molecular weight is 214 g/mol. The maximum absolute atomic E-state index is 11.4. The van der Waals surface area contributed by atoms with Gasteiger partial charge in [0.1, 0.15) is 0 Å². The highest BCUT2D eigenvalue weighted by atomic mass is 16.3. The van der Waals surface area contributed by atoms with E-state index in [1.165, 1.54) is 0 Å². The lowest BCUT2D eigenvalue weighted by Crippen LogP contribution is -2.39. The van der Waals surface area contributed by atoms with Crippen molar-refractivity contribution in [3.8, 4) is 0 Å². The van der Waals surface area contributed by atoms with E-state index in [2.05, 4.69) is 5.32 Å². The first kappa shape index (κ1) is 12.5. The Morgan fingerprint density at radius 3 is 2.47 bits per heavy atom. The fraction of sp³-hybridized carbons (Fsp3) is 0.909. The van der Waals surface area contributed by atoms with E-state index >= 15 is 0 Å². The van der Waals surface area contributed by atoms with Crippen molar-refractivity contribution in [1.29, 1.82) is 0 Å². The van der Waals surface area contributed by atoms with Crippen molar-refractivity contribution in [3.05, 3.63) is 0 Å². The average Bonchev–Trinajstić information content (AvgIpc) is 2.98. The zero-order chi connectivity index (χ0) is 11.1. The third kappa shape index (κ3) is 4.62. The van der Waals surface area contributed by atoms with Crippen molar-refractivity contribution in [2.75, 3.05) is 13.2 Å². The quantitative estimate of drug-likeness (QED) is 0.516. The van der Waals surface area contributed by atoms with Crippen LogP contribution in [0.4, 0.5) is 0 Å². The molecule has 15 heavy (non-hydrogen) atoms. The molecule has 1 fully saturated rings. The smallest absolute Gasteiger partial charge is 0.220 e. The minimum atomic E-state index is -0.256. The molecule has 4 nitrogen and oxygen atoms in total. The van der Waals surface area contributed by atoms with Crippen molar-refractivity contribution in [1.82, 2.24) is 5.32 Å². The summed E-state index contributed by atoms with van der Waals surface area (Å²) in [5.41, 5.74) is 5.12. The fourth-order valence-corrected chi connectivity index (χ4v) is 1.62. The van der Waals surface area contributed by atoms with Crippen molar-refractivity contribution < 1.29 is 9.90 Å². The number of nitrogens with one attached hydrogen (secondary N) is 1. The second-order valence-electron chi connectivity index (χ2n) is 4.44. The SMILES string of the molecule is NCCCCCCC(=O)NC1(CO)CC1. The van der Waals surface area contributed by atoms with E-state index in [0.717, 1.165) is 45.1 Å². The Hall–Kier alpha value is -0.610. The van der Waals surface area contributed by atoms with Crippen LogP contribution in [0.25, 0.3) is 0 Å². The van der Waals surface area contributed by atoms with E-state index in [-0.39, 0.29) is 18.1 Å². The van der Waals surface area contributed by atoms with Gasteiger partial charge in [-0.05, 0) is 32.2 Å². The summed E-state index contributed by atoms with van der Waals surface area (Å²) in [5, 5.41) is 11.9. The second kappa shape index (κ2) is 6.08. The molecule has 0 spiro atoms. The molecule has 1 saturated carbocycles. The zero-order valence-electron chi connectivity index (χ0n) is 9.30. The summed E-state index contributed by atoms with van der Waals surface area (Å²) < 4.78 is 0. The molecule has 0 aromatic carbocycles. The molecule has 0 heterocycles. The molecular formula is C11H22N2O2. The van der Waals surface area contributed by atoms with Crippen LogP contribution in [0.5, 0.6) is 0 Å². The van der Waals surface area contributed by atoms with E-state index in [9.17, 15) is 4.79 Å². The van der Waals surface area contributed by atoms with Crippen LogP contribution in [0.2, 0.25) is 0 Å². The first-order chi connectivity index (χ1) is 7.22. The van der Waals surface area contributed by atoms with Gasteiger partial charge >= 0.3 is 0 Å². The molecule has 1 rings (SSSR count). The number of aliphatic hydroxyl groups is 1. The van der Waals surface area contributed by atoms with Crippen LogP contribution in [0, 0.1) is 0 Å². The Bertz CT molecular complexity index is 203. The first-order valence-corrected chi connectivity index (χ1v) is 5.84. The van der Waals surface area contributed by atoms with Crippen molar-refractivity contribution in [3.63, 3.8) is 0 Å². The largest absolute Gasteiger partial charge is 0.394 e. The summed E-state index contributed by atoms with van der Waals surface area (Å²) in [6, 6.07) is 0. The van der Waals surface area contributed by atoms with E-state index in [1.807, 2.05) is 0 Å². The molecule has 4 N–H and O–H groups in total. The molecule has 0 aromatic rings. The molecule has 0 atom stereocenters. The number of hydrogen-bond donors (Lipinski definition) is 3. The summed E-state index contributed by atoms with van der Waals surface area (Å²) in [7, 11) is 0. The van der Waals surface area contributed by atoms with Gasteiger partial charge in [0.2, 0.25) is 5.91 Å². The molecule has 0 unspecified atom stereocenters. The Balaban J connectivity index is 1.99. The zero-order valence-corrected chi connectivity index (χ0v) is 9.30. The Morgan fingerprint density at radius 2 is 1.93 bits per heavy atom. The highest BCUT2D eigenvalue weighted by molar-refractivity contribution is 5.77. The summed E-state index contributed by atoms with van der Waals surface area (Å²) in [6.45, 7) is 0.811. The standard InChI is InChI=1S/C11H22N2O2/c12-8-4-2-1-3-5-10(15)13-11(9-14)6-7-11/h14H,1-9,12H2,(H,13,15). The molecule has 0 bridgehead atoms. The minimum Gasteiger partial charge on any atom is -0.394 e. The Labute approximate surface area is 91.2 Å². The van der Waals surface area contributed by atoms with E-state index in [0.29, 0.717) is 6.42 Å². The van der Waals surface area contributed by atoms with Crippen molar-refractivity contribution in [2.45, 2.75) is 50.5 Å². The van der Waals surface area contributed by atoms with Crippen LogP contribution >= 0.6 is 0 Å². The second-order valence-corrected chi connectivity index (χ2v) is 4.44. The topological polar surface area (TPSA) is 75.4 Å². The van der Waals surface area contributed by atoms with Gasteiger partial charge in [0.05, 0.1) is 12.1 Å². The maximum atomic E-state index is 11.4. The number of unbranched alkanes of at least 4 members (excludes halogenated alkanes) is 3. The molecule has 1 aliphatic rings. The van der Waals surface area contributed by atoms with E-state index in [1.54, 1.807) is 0 Å². The van der Waals surface area contributed by atoms with Gasteiger partial charge in [-0.2, -0.15) is 0 Å². The molecule has 1 aliphatic carbocycles. The third-order valence-corrected chi connectivity index (χ3v) is 2.92. The van der Waals surface area contributed by atoms with Crippen molar-refractivity contribution in [2.24, 2.45) is 5.73 Å². The fourth-order valence-electron chi connectivity index (χ4n) is 1.62. The Morgan fingerprint density at radius 1 is 1.27 bits per heavy atom. The van der Waals surface area contributed by atoms with Gasteiger partial charge in [0, 0.05) is 6.42 Å². The van der Waals surface area contributed by atoms with Gasteiger partial charge in [-0.15, -0.1) is 0 Å². The summed E-state index contributed by atoms with van der Waals surface area (Å²) in [6.07, 6.45) is 6.55. The van der Waals surface area contributed by atoms with E-state index in [4.69, 9.17) is 10.8 Å². The van der Waals surface area contributed by atoms with Gasteiger partial charge < -0.3 is 16.2 Å². The van der Waals surface area contributed by atoms with Gasteiger partial charge in [-0.1, -0.05) is 12.8 Å².